The Morgan fingerprint density at radius 2 is 2.05 bits per heavy atom. The Hall–Kier alpha value is -1.55. The van der Waals surface area contributed by atoms with E-state index < -0.39 is 0 Å². The average molecular weight is 262 g/mol. The summed E-state index contributed by atoms with van der Waals surface area (Å²) < 4.78 is 0. The molecule has 1 aromatic carbocycles. The Morgan fingerprint density at radius 1 is 1.37 bits per heavy atom. The van der Waals surface area contributed by atoms with E-state index in [9.17, 15) is 9.90 Å². The molecule has 0 heterocycles. The lowest BCUT2D eigenvalue weighted by Gasteiger charge is -2.21. The first-order chi connectivity index (χ1) is 8.97. The van der Waals surface area contributed by atoms with E-state index in [2.05, 4.69) is 10.6 Å². The Balaban J connectivity index is 1.97. The van der Waals surface area contributed by atoms with Crippen molar-refractivity contribution in [3.8, 4) is 5.75 Å². The average Bonchev–Trinajstić information content (AvgIpc) is 3.15. The predicted octanol–water partition coefficient (Wildman–Crippen LogP) is 2.02. The van der Waals surface area contributed by atoms with Crippen molar-refractivity contribution in [3.05, 3.63) is 29.3 Å². The second-order valence-corrected chi connectivity index (χ2v) is 5.46. The highest BCUT2D eigenvalue weighted by atomic mass is 16.3. The molecule has 1 aliphatic rings. The summed E-state index contributed by atoms with van der Waals surface area (Å²) in [6.45, 7) is 5.79. The van der Waals surface area contributed by atoms with Gasteiger partial charge in [0.15, 0.2) is 0 Å². The summed E-state index contributed by atoms with van der Waals surface area (Å²) in [5.41, 5.74) is 1.92. The molecule has 1 amide bonds. The Kier molecular flexibility index (Phi) is 4.10. The van der Waals surface area contributed by atoms with Gasteiger partial charge in [0.2, 0.25) is 5.91 Å². The molecule has 0 aliphatic heterocycles. The molecule has 0 bridgehead atoms. The van der Waals surface area contributed by atoms with E-state index in [1.54, 1.807) is 6.07 Å². The maximum absolute atomic E-state index is 11.9. The molecule has 104 valence electrons. The minimum Gasteiger partial charge on any atom is -0.508 e. The van der Waals surface area contributed by atoms with Crippen molar-refractivity contribution in [1.82, 2.24) is 10.6 Å². The normalized spacial score (nSPS) is 17.8. The van der Waals surface area contributed by atoms with Crippen molar-refractivity contribution >= 4 is 5.91 Å². The number of aryl methyl sites for hydroxylation is 1. The van der Waals surface area contributed by atoms with E-state index in [1.165, 1.54) is 0 Å². The third-order valence-corrected chi connectivity index (χ3v) is 3.47. The second-order valence-electron chi connectivity index (χ2n) is 5.46. The van der Waals surface area contributed by atoms with Gasteiger partial charge in [0.05, 0.1) is 6.04 Å². The molecule has 4 heteroatoms. The number of rotatable bonds is 5. The number of amides is 1. The topological polar surface area (TPSA) is 61.4 Å². The van der Waals surface area contributed by atoms with Gasteiger partial charge in [-0.1, -0.05) is 17.7 Å². The van der Waals surface area contributed by atoms with Gasteiger partial charge in [0, 0.05) is 17.6 Å². The zero-order chi connectivity index (χ0) is 14.0. The van der Waals surface area contributed by atoms with Crippen molar-refractivity contribution in [3.63, 3.8) is 0 Å². The van der Waals surface area contributed by atoms with Gasteiger partial charge in [-0.05, 0) is 39.7 Å². The molecule has 3 N–H and O–H groups in total. The van der Waals surface area contributed by atoms with Crippen molar-refractivity contribution < 1.29 is 9.90 Å². The van der Waals surface area contributed by atoms with Gasteiger partial charge in [-0.3, -0.25) is 10.1 Å². The number of carbonyl (C=O) groups excluding carboxylic acids is 1. The zero-order valence-corrected chi connectivity index (χ0v) is 11.7. The molecule has 1 saturated carbocycles. The molecule has 2 atom stereocenters. The minimum absolute atomic E-state index is 0.0292. The third kappa shape index (κ3) is 3.70. The van der Waals surface area contributed by atoms with Crippen molar-refractivity contribution in [2.24, 2.45) is 0 Å². The molecule has 1 aliphatic carbocycles. The lowest BCUT2D eigenvalue weighted by Crippen LogP contribution is -2.43. The number of aromatic hydroxyl groups is 1. The van der Waals surface area contributed by atoms with Gasteiger partial charge in [-0.25, -0.2) is 0 Å². The number of carbonyl (C=O) groups is 1. The molecule has 0 radical (unpaired) electrons. The van der Waals surface area contributed by atoms with Crippen molar-refractivity contribution in [2.75, 3.05) is 0 Å². The highest BCUT2D eigenvalue weighted by molar-refractivity contribution is 5.81. The summed E-state index contributed by atoms with van der Waals surface area (Å²) in [6, 6.07) is 5.54. The number of hydrogen-bond donors (Lipinski definition) is 3. The predicted molar refractivity (Wildman–Crippen MR) is 75.0 cm³/mol. The molecule has 19 heavy (non-hydrogen) atoms. The molecule has 0 aromatic heterocycles. The lowest BCUT2D eigenvalue weighted by molar-refractivity contribution is -0.123. The number of phenols is 1. The highest BCUT2D eigenvalue weighted by Crippen LogP contribution is 2.25. The van der Waals surface area contributed by atoms with E-state index in [0.717, 1.165) is 24.0 Å². The first-order valence-corrected chi connectivity index (χ1v) is 6.83. The van der Waals surface area contributed by atoms with Gasteiger partial charge in [-0.2, -0.15) is 0 Å². The first kappa shape index (κ1) is 13.9. The fourth-order valence-electron chi connectivity index (χ4n) is 2.12. The number of hydrogen-bond acceptors (Lipinski definition) is 3. The minimum atomic E-state index is -0.268. The standard InChI is InChI=1S/C15H22N2O2/c1-9-4-7-14(18)13(8-9)10(2)16-11(3)15(19)17-12-5-6-12/h4,7-8,10-12,16,18H,5-6H2,1-3H3,(H,17,19). The van der Waals surface area contributed by atoms with Gasteiger partial charge in [0.1, 0.15) is 5.75 Å². The third-order valence-electron chi connectivity index (χ3n) is 3.47. The first-order valence-electron chi connectivity index (χ1n) is 6.83. The molecular formula is C15H22N2O2. The van der Waals surface area contributed by atoms with Crippen molar-refractivity contribution in [2.45, 2.75) is 51.7 Å². The largest absolute Gasteiger partial charge is 0.508 e. The van der Waals surface area contributed by atoms with Crippen LogP contribution in [0.25, 0.3) is 0 Å². The lowest BCUT2D eigenvalue weighted by atomic mass is 10.0. The quantitative estimate of drug-likeness (QED) is 0.761. The molecule has 0 saturated heterocycles. The SMILES string of the molecule is Cc1ccc(O)c(C(C)NC(C)C(=O)NC2CC2)c1. The summed E-state index contributed by atoms with van der Waals surface area (Å²) in [5.74, 6) is 0.293. The van der Waals surface area contributed by atoms with Crippen LogP contribution in [0.3, 0.4) is 0 Å². The molecule has 4 nitrogen and oxygen atoms in total. The summed E-state index contributed by atoms with van der Waals surface area (Å²) in [5, 5.41) is 16.1. The van der Waals surface area contributed by atoms with Gasteiger partial charge >= 0.3 is 0 Å². The molecule has 1 aromatic rings. The van der Waals surface area contributed by atoms with Crippen LogP contribution in [0.15, 0.2) is 18.2 Å². The number of nitrogens with one attached hydrogen (secondary N) is 2. The van der Waals surface area contributed by atoms with Gasteiger partial charge in [0.25, 0.3) is 0 Å². The molecule has 1 fully saturated rings. The number of phenolic OH excluding ortho intramolecular Hbond substituents is 1. The van der Waals surface area contributed by atoms with Crippen molar-refractivity contribution in [1.29, 1.82) is 0 Å². The highest BCUT2D eigenvalue weighted by Gasteiger charge is 2.26. The zero-order valence-electron chi connectivity index (χ0n) is 11.7. The van der Waals surface area contributed by atoms with Crippen LogP contribution in [0.5, 0.6) is 5.75 Å². The van der Waals surface area contributed by atoms with Crippen LogP contribution in [0.1, 0.15) is 43.9 Å². The maximum Gasteiger partial charge on any atom is 0.237 e. The fourth-order valence-corrected chi connectivity index (χ4v) is 2.12. The summed E-state index contributed by atoms with van der Waals surface area (Å²) >= 11 is 0. The van der Waals surface area contributed by atoms with Crippen LogP contribution in [0.2, 0.25) is 0 Å². The Bertz CT molecular complexity index is 469. The van der Waals surface area contributed by atoms with Crippen LogP contribution in [-0.2, 0) is 4.79 Å². The molecular weight excluding hydrogens is 240 g/mol. The second kappa shape index (κ2) is 5.61. The maximum atomic E-state index is 11.9. The van der Waals surface area contributed by atoms with E-state index in [0.29, 0.717) is 6.04 Å². The molecule has 2 unspecified atom stereocenters. The van der Waals surface area contributed by atoms with E-state index in [-0.39, 0.29) is 23.7 Å². The van der Waals surface area contributed by atoms with E-state index >= 15 is 0 Å². The molecule has 2 rings (SSSR count). The van der Waals surface area contributed by atoms with Crippen LogP contribution < -0.4 is 10.6 Å². The van der Waals surface area contributed by atoms with Crippen LogP contribution in [-0.4, -0.2) is 23.1 Å². The van der Waals surface area contributed by atoms with Crippen LogP contribution in [0, 0.1) is 6.92 Å². The Morgan fingerprint density at radius 3 is 2.68 bits per heavy atom. The summed E-state index contributed by atoms with van der Waals surface area (Å²) in [6.07, 6.45) is 2.18. The van der Waals surface area contributed by atoms with Crippen LogP contribution >= 0.6 is 0 Å². The Labute approximate surface area is 114 Å². The summed E-state index contributed by atoms with van der Waals surface area (Å²) in [7, 11) is 0. The number of benzene rings is 1. The smallest absolute Gasteiger partial charge is 0.237 e. The van der Waals surface area contributed by atoms with Gasteiger partial charge < -0.3 is 10.4 Å². The fraction of sp³-hybridized carbons (Fsp3) is 0.533. The monoisotopic (exact) mass is 262 g/mol. The van der Waals surface area contributed by atoms with Gasteiger partial charge in [-0.15, -0.1) is 0 Å². The summed E-state index contributed by atoms with van der Waals surface area (Å²) in [4.78, 5) is 11.9. The van der Waals surface area contributed by atoms with Crippen LogP contribution in [0.4, 0.5) is 0 Å². The molecule has 0 spiro atoms. The van der Waals surface area contributed by atoms with E-state index in [4.69, 9.17) is 0 Å². The van der Waals surface area contributed by atoms with E-state index in [1.807, 2.05) is 32.9 Å².